The number of amides is 1. The van der Waals surface area contributed by atoms with E-state index in [1.54, 1.807) is 0 Å². The maximum Gasteiger partial charge on any atom is 0.251 e. The van der Waals surface area contributed by atoms with E-state index in [1.807, 2.05) is 32.0 Å². The molecule has 1 fully saturated rings. The first kappa shape index (κ1) is 20.7. The van der Waals surface area contributed by atoms with Gasteiger partial charge in [0.25, 0.3) is 5.91 Å². The zero-order chi connectivity index (χ0) is 21.3. The number of fused-ring (bicyclic) bond motifs is 1. The second kappa shape index (κ2) is 8.28. The van der Waals surface area contributed by atoms with Crippen LogP contribution in [0.25, 0.3) is 0 Å². The lowest BCUT2D eigenvalue weighted by molar-refractivity contribution is 0.0925. The second-order valence-electron chi connectivity index (χ2n) is 8.02. The lowest BCUT2D eigenvalue weighted by Crippen LogP contribution is -2.32. The van der Waals surface area contributed by atoms with Gasteiger partial charge in [0.1, 0.15) is 13.2 Å². The van der Waals surface area contributed by atoms with E-state index in [-0.39, 0.29) is 28.8 Å². The molecule has 2 aromatic rings. The first-order valence-electron chi connectivity index (χ1n) is 10.2. The Morgan fingerprint density at radius 3 is 2.30 bits per heavy atom. The van der Waals surface area contributed by atoms with E-state index in [0.29, 0.717) is 30.3 Å². The van der Waals surface area contributed by atoms with Crippen LogP contribution in [0.15, 0.2) is 47.4 Å². The largest absolute Gasteiger partial charge is 0.486 e. The van der Waals surface area contributed by atoms with Gasteiger partial charge in [0.05, 0.1) is 10.9 Å². The summed E-state index contributed by atoms with van der Waals surface area (Å²) in [6.45, 7) is 5.08. The van der Waals surface area contributed by atoms with Crippen LogP contribution in [-0.2, 0) is 10.0 Å². The number of hydrogen-bond acceptors (Lipinski definition) is 5. The number of carbonyl (C=O) groups excluding carboxylic acids is 1. The SMILES string of the molecule is CC(C)C(NC(=O)c1ccc(S(=O)(=O)NC2CC2)cc1)c1ccc2c(c1)OCCO2. The molecule has 0 saturated heterocycles. The topological polar surface area (TPSA) is 93.7 Å². The van der Waals surface area contributed by atoms with E-state index >= 15 is 0 Å². The molecule has 1 saturated carbocycles. The summed E-state index contributed by atoms with van der Waals surface area (Å²) in [7, 11) is -3.54. The van der Waals surface area contributed by atoms with Crippen LogP contribution >= 0.6 is 0 Å². The fourth-order valence-corrected chi connectivity index (χ4v) is 4.69. The lowest BCUT2D eigenvalue weighted by atomic mass is 9.95. The average Bonchev–Trinajstić information content (AvgIpc) is 3.54. The molecule has 0 aromatic heterocycles. The number of rotatable bonds is 7. The first-order valence-corrected chi connectivity index (χ1v) is 11.6. The Hall–Kier alpha value is -2.58. The Balaban J connectivity index is 1.49. The van der Waals surface area contributed by atoms with Gasteiger partial charge >= 0.3 is 0 Å². The van der Waals surface area contributed by atoms with Crippen molar-refractivity contribution in [3.05, 3.63) is 53.6 Å². The standard InChI is InChI=1S/C22H26N2O5S/c1-14(2)21(16-5-10-19-20(13-16)29-12-11-28-19)23-22(25)15-3-8-18(9-4-15)30(26,27)24-17-6-7-17/h3-5,8-10,13-14,17,21,24H,6-7,11-12H2,1-2H3,(H,23,25). The molecule has 1 aliphatic carbocycles. The van der Waals surface area contributed by atoms with E-state index in [9.17, 15) is 13.2 Å². The molecule has 2 aliphatic rings. The maximum absolute atomic E-state index is 12.8. The minimum atomic E-state index is -3.54. The normalized spacial score (nSPS) is 16.9. The summed E-state index contributed by atoms with van der Waals surface area (Å²) in [4.78, 5) is 13.0. The molecule has 1 amide bonds. The van der Waals surface area contributed by atoms with Crippen molar-refractivity contribution in [2.45, 2.75) is 43.7 Å². The van der Waals surface area contributed by atoms with Crippen molar-refractivity contribution in [3.8, 4) is 11.5 Å². The third kappa shape index (κ3) is 4.60. The molecule has 0 spiro atoms. The number of sulfonamides is 1. The predicted octanol–water partition coefficient (Wildman–Crippen LogP) is 3.03. The Kier molecular flexibility index (Phi) is 5.71. The van der Waals surface area contributed by atoms with Crippen molar-refractivity contribution in [1.82, 2.24) is 10.0 Å². The van der Waals surface area contributed by atoms with Crippen molar-refractivity contribution >= 4 is 15.9 Å². The summed E-state index contributed by atoms with van der Waals surface area (Å²) < 4.78 is 38.5. The fourth-order valence-electron chi connectivity index (χ4n) is 3.39. The summed E-state index contributed by atoms with van der Waals surface area (Å²) in [6.07, 6.45) is 1.74. The molecule has 7 nitrogen and oxygen atoms in total. The summed E-state index contributed by atoms with van der Waals surface area (Å²) >= 11 is 0. The molecular weight excluding hydrogens is 404 g/mol. The van der Waals surface area contributed by atoms with Crippen LogP contribution in [0.1, 0.15) is 48.7 Å². The molecule has 30 heavy (non-hydrogen) atoms. The zero-order valence-electron chi connectivity index (χ0n) is 17.1. The molecule has 160 valence electrons. The average molecular weight is 431 g/mol. The minimum absolute atomic E-state index is 0.0378. The fraction of sp³-hybridized carbons (Fsp3) is 0.409. The lowest BCUT2D eigenvalue weighted by Gasteiger charge is -2.25. The van der Waals surface area contributed by atoms with E-state index in [1.165, 1.54) is 24.3 Å². The van der Waals surface area contributed by atoms with Gasteiger partial charge in [-0.15, -0.1) is 0 Å². The maximum atomic E-state index is 12.8. The van der Waals surface area contributed by atoms with E-state index in [4.69, 9.17) is 9.47 Å². The molecule has 4 rings (SSSR count). The van der Waals surface area contributed by atoms with Crippen molar-refractivity contribution < 1.29 is 22.7 Å². The number of hydrogen-bond donors (Lipinski definition) is 2. The smallest absolute Gasteiger partial charge is 0.251 e. The number of carbonyl (C=O) groups is 1. The zero-order valence-corrected chi connectivity index (χ0v) is 17.9. The summed E-state index contributed by atoms with van der Waals surface area (Å²) in [5.74, 6) is 1.26. The molecule has 1 heterocycles. The van der Waals surface area contributed by atoms with Crippen LogP contribution in [0.3, 0.4) is 0 Å². The van der Waals surface area contributed by atoms with Gasteiger partial charge in [0, 0.05) is 11.6 Å². The summed E-state index contributed by atoms with van der Waals surface area (Å²) in [5.41, 5.74) is 1.33. The summed E-state index contributed by atoms with van der Waals surface area (Å²) in [6, 6.07) is 11.5. The van der Waals surface area contributed by atoms with E-state index < -0.39 is 10.0 Å². The van der Waals surface area contributed by atoms with E-state index in [0.717, 1.165) is 18.4 Å². The van der Waals surface area contributed by atoms with Gasteiger partial charge in [0.2, 0.25) is 10.0 Å². The molecule has 2 aromatic carbocycles. The van der Waals surface area contributed by atoms with Gasteiger partial charge < -0.3 is 14.8 Å². The third-order valence-corrected chi connectivity index (χ3v) is 6.74. The highest BCUT2D eigenvalue weighted by Gasteiger charge is 2.28. The van der Waals surface area contributed by atoms with Crippen LogP contribution < -0.4 is 19.5 Å². The minimum Gasteiger partial charge on any atom is -0.486 e. The molecule has 1 atom stereocenters. The Labute approximate surface area is 176 Å². The Bertz CT molecular complexity index is 1030. The van der Waals surface area contributed by atoms with Gasteiger partial charge in [-0.2, -0.15) is 0 Å². The second-order valence-corrected chi connectivity index (χ2v) is 9.73. The molecule has 2 N–H and O–H groups in total. The monoisotopic (exact) mass is 430 g/mol. The molecule has 1 unspecified atom stereocenters. The molecule has 8 heteroatoms. The van der Waals surface area contributed by atoms with Crippen molar-refractivity contribution in [1.29, 1.82) is 0 Å². The van der Waals surface area contributed by atoms with Crippen LogP contribution in [0.4, 0.5) is 0 Å². The van der Waals surface area contributed by atoms with Crippen LogP contribution in [0.2, 0.25) is 0 Å². The van der Waals surface area contributed by atoms with Crippen molar-refractivity contribution in [3.63, 3.8) is 0 Å². The van der Waals surface area contributed by atoms with Gasteiger partial charge in [0.15, 0.2) is 11.5 Å². The molecule has 0 bridgehead atoms. The van der Waals surface area contributed by atoms with Crippen LogP contribution in [0.5, 0.6) is 11.5 Å². The van der Waals surface area contributed by atoms with E-state index in [2.05, 4.69) is 10.0 Å². The van der Waals surface area contributed by atoms with Crippen LogP contribution in [0, 0.1) is 5.92 Å². The number of nitrogens with one attached hydrogen (secondary N) is 2. The van der Waals surface area contributed by atoms with Gasteiger partial charge in [-0.1, -0.05) is 19.9 Å². The Morgan fingerprint density at radius 2 is 1.67 bits per heavy atom. The molecular formula is C22H26N2O5S. The number of ether oxygens (including phenoxy) is 2. The van der Waals surface area contributed by atoms with Gasteiger partial charge in [-0.25, -0.2) is 13.1 Å². The third-order valence-electron chi connectivity index (χ3n) is 5.20. The quantitative estimate of drug-likeness (QED) is 0.704. The highest BCUT2D eigenvalue weighted by Crippen LogP contribution is 2.34. The first-order chi connectivity index (χ1) is 14.3. The van der Waals surface area contributed by atoms with Crippen molar-refractivity contribution in [2.24, 2.45) is 5.92 Å². The molecule has 0 radical (unpaired) electrons. The highest BCUT2D eigenvalue weighted by molar-refractivity contribution is 7.89. The Morgan fingerprint density at radius 1 is 1.00 bits per heavy atom. The van der Waals surface area contributed by atoms with Gasteiger partial charge in [-0.3, -0.25) is 4.79 Å². The van der Waals surface area contributed by atoms with Crippen molar-refractivity contribution in [2.75, 3.05) is 13.2 Å². The highest BCUT2D eigenvalue weighted by atomic mass is 32.2. The summed E-state index contributed by atoms with van der Waals surface area (Å²) in [5, 5.41) is 3.06. The number of benzene rings is 2. The van der Waals surface area contributed by atoms with Gasteiger partial charge in [-0.05, 0) is 60.7 Å². The predicted molar refractivity (Wildman–Crippen MR) is 112 cm³/mol. The van der Waals surface area contributed by atoms with Crippen LogP contribution in [-0.4, -0.2) is 33.6 Å². The molecule has 1 aliphatic heterocycles.